The molecule has 0 unspecified atom stereocenters. The van der Waals surface area contributed by atoms with E-state index in [1.807, 2.05) is 35.8 Å². The molecule has 0 saturated carbocycles. The van der Waals surface area contributed by atoms with Gasteiger partial charge >= 0.3 is 5.69 Å². The van der Waals surface area contributed by atoms with Gasteiger partial charge in [-0.05, 0) is 55.5 Å². The molecule has 0 fully saturated rings. The lowest BCUT2D eigenvalue weighted by Crippen LogP contribution is -2.37. The molecule has 32 heavy (non-hydrogen) atoms. The Bertz CT molecular complexity index is 1590. The first-order valence-corrected chi connectivity index (χ1v) is 10.1. The number of nitrogens with zero attached hydrogens (tertiary/aromatic N) is 5. The van der Waals surface area contributed by atoms with Crippen LogP contribution in [0, 0.1) is 5.82 Å². The first kappa shape index (κ1) is 19.8. The summed E-state index contributed by atoms with van der Waals surface area (Å²) < 4.78 is 25.1. The van der Waals surface area contributed by atoms with Crippen molar-refractivity contribution >= 4 is 16.9 Å². The lowest BCUT2D eigenvalue weighted by atomic mass is 10.1. The monoisotopic (exact) mass is 433 g/mol. The number of halogens is 1. The molecule has 0 bridgehead atoms. The summed E-state index contributed by atoms with van der Waals surface area (Å²) in [6.07, 6.45) is 1.78. The van der Waals surface area contributed by atoms with Crippen molar-refractivity contribution < 1.29 is 9.13 Å². The van der Waals surface area contributed by atoms with Crippen LogP contribution < -0.4 is 16.0 Å². The van der Waals surface area contributed by atoms with Gasteiger partial charge in [0.15, 0.2) is 11.2 Å². The van der Waals surface area contributed by atoms with Crippen LogP contribution in [0.5, 0.6) is 5.75 Å². The number of ether oxygens (including phenoxy) is 1. The summed E-state index contributed by atoms with van der Waals surface area (Å²) in [7, 11) is 3.02. The van der Waals surface area contributed by atoms with Crippen molar-refractivity contribution in [1.29, 1.82) is 0 Å². The standard InChI is InChI=1S/C23H20FN5O3/c1-4-32-17-11-9-16(10-12-17)29-18(14-5-7-15(24)8-6-14)13-28-19-20(25-22(28)29)26(2)23(31)27(3)21(19)30/h5-13H,4H2,1-3H3. The molecule has 0 saturated heterocycles. The molecule has 0 N–H and O–H groups in total. The van der Waals surface area contributed by atoms with E-state index in [-0.39, 0.29) is 11.3 Å². The molecule has 0 radical (unpaired) electrons. The van der Waals surface area contributed by atoms with Crippen LogP contribution in [0.2, 0.25) is 0 Å². The van der Waals surface area contributed by atoms with Gasteiger partial charge in [0, 0.05) is 31.5 Å². The molecule has 2 aromatic carbocycles. The van der Waals surface area contributed by atoms with E-state index in [0.717, 1.165) is 27.3 Å². The zero-order valence-corrected chi connectivity index (χ0v) is 17.7. The Balaban J connectivity index is 1.88. The molecule has 8 nitrogen and oxygen atoms in total. The van der Waals surface area contributed by atoms with Gasteiger partial charge < -0.3 is 4.74 Å². The Labute approximate surface area is 181 Å². The number of rotatable bonds is 4. The number of hydrogen-bond acceptors (Lipinski definition) is 4. The summed E-state index contributed by atoms with van der Waals surface area (Å²) in [5.74, 6) is 0.848. The molecule has 5 rings (SSSR count). The highest BCUT2D eigenvalue weighted by Crippen LogP contribution is 2.29. The average Bonchev–Trinajstić information content (AvgIpc) is 3.34. The SMILES string of the molecule is CCOc1ccc(-n2c(-c3ccc(F)cc3)cn3c4c(=O)n(C)c(=O)n(C)c4nc23)cc1. The number of aromatic nitrogens is 5. The highest BCUT2D eigenvalue weighted by molar-refractivity contribution is 5.79. The van der Waals surface area contributed by atoms with Crippen LogP contribution in [-0.4, -0.2) is 29.7 Å². The first-order chi connectivity index (χ1) is 15.4. The third kappa shape index (κ3) is 2.85. The van der Waals surface area contributed by atoms with Crippen LogP contribution >= 0.6 is 0 Å². The molecule has 5 aromatic rings. The number of imidazole rings is 2. The zero-order valence-electron chi connectivity index (χ0n) is 17.7. The van der Waals surface area contributed by atoms with Crippen molar-refractivity contribution in [2.75, 3.05) is 6.61 Å². The van der Waals surface area contributed by atoms with Gasteiger partial charge in [0.25, 0.3) is 5.56 Å². The van der Waals surface area contributed by atoms with Gasteiger partial charge in [0.1, 0.15) is 11.6 Å². The minimum absolute atomic E-state index is 0.289. The third-order valence-corrected chi connectivity index (χ3v) is 5.51. The fourth-order valence-corrected chi connectivity index (χ4v) is 3.91. The van der Waals surface area contributed by atoms with Crippen molar-refractivity contribution in [2.24, 2.45) is 14.1 Å². The normalized spacial score (nSPS) is 11.5. The van der Waals surface area contributed by atoms with Crippen LogP contribution in [0.4, 0.5) is 4.39 Å². The van der Waals surface area contributed by atoms with Crippen molar-refractivity contribution in [3.63, 3.8) is 0 Å². The Kier molecular flexibility index (Phi) is 4.47. The highest BCUT2D eigenvalue weighted by Gasteiger charge is 2.21. The Morgan fingerprint density at radius 2 is 1.66 bits per heavy atom. The molecule has 0 atom stereocenters. The lowest BCUT2D eigenvalue weighted by Gasteiger charge is -2.10. The molecule has 3 heterocycles. The summed E-state index contributed by atoms with van der Waals surface area (Å²) in [5.41, 5.74) is 1.94. The van der Waals surface area contributed by atoms with Gasteiger partial charge in [-0.1, -0.05) is 0 Å². The summed E-state index contributed by atoms with van der Waals surface area (Å²) >= 11 is 0. The van der Waals surface area contributed by atoms with E-state index < -0.39 is 11.2 Å². The van der Waals surface area contributed by atoms with E-state index in [4.69, 9.17) is 4.74 Å². The zero-order chi connectivity index (χ0) is 22.6. The molecule has 9 heteroatoms. The maximum absolute atomic E-state index is 13.6. The smallest absolute Gasteiger partial charge is 0.332 e. The van der Waals surface area contributed by atoms with E-state index in [1.54, 1.807) is 29.8 Å². The minimum atomic E-state index is -0.449. The maximum atomic E-state index is 13.6. The van der Waals surface area contributed by atoms with Crippen LogP contribution in [0.3, 0.4) is 0 Å². The van der Waals surface area contributed by atoms with Crippen LogP contribution in [0.15, 0.2) is 64.3 Å². The van der Waals surface area contributed by atoms with Gasteiger partial charge in [-0.3, -0.25) is 22.9 Å². The van der Waals surface area contributed by atoms with Gasteiger partial charge in [-0.15, -0.1) is 0 Å². The fraction of sp³-hybridized carbons (Fsp3) is 0.174. The van der Waals surface area contributed by atoms with Crippen molar-refractivity contribution in [3.8, 4) is 22.7 Å². The molecule has 0 spiro atoms. The second kappa shape index (κ2) is 7.23. The summed E-state index contributed by atoms with van der Waals surface area (Å²) in [4.78, 5) is 30.0. The summed E-state index contributed by atoms with van der Waals surface area (Å²) in [5, 5.41) is 0. The topological polar surface area (TPSA) is 75.5 Å². The van der Waals surface area contributed by atoms with Crippen molar-refractivity contribution in [3.05, 3.63) is 81.4 Å². The van der Waals surface area contributed by atoms with Crippen molar-refractivity contribution in [2.45, 2.75) is 6.92 Å². The average molecular weight is 433 g/mol. The number of fused-ring (bicyclic) bond motifs is 3. The molecular formula is C23H20FN5O3. The van der Waals surface area contributed by atoms with E-state index in [0.29, 0.717) is 18.0 Å². The quantitative estimate of drug-likeness (QED) is 0.437. The predicted molar refractivity (Wildman–Crippen MR) is 119 cm³/mol. The van der Waals surface area contributed by atoms with Gasteiger partial charge in [-0.2, -0.15) is 4.98 Å². The fourth-order valence-electron chi connectivity index (χ4n) is 3.91. The lowest BCUT2D eigenvalue weighted by molar-refractivity contribution is 0.340. The first-order valence-electron chi connectivity index (χ1n) is 10.1. The van der Waals surface area contributed by atoms with E-state index in [9.17, 15) is 14.0 Å². The van der Waals surface area contributed by atoms with E-state index in [1.165, 1.54) is 23.7 Å². The Hall–Kier alpha value is -4.14. The third-order valence-electron chi connectivity index (χ3n) is 5.51. The largest absolute Gasteiger partial charge is 0.494 e. The molecular weight excluding hydrogens is 413 g/mol. The minimum Gasteiger partial charge on any atom is -0.494 e. The molecule has 0 aliphatic heterocycles. The molecule has 3 aromatic heterocycles. The summed E-state index contributed by atoms with van der Waals surface area (Å²) in [6, 6.07) is 13.6. The number of benzene rings is 2. The van der Waals surface area contributed by atoms with Gasteiger partial charge in [0.05, 0.1) is 12.3 Å². The van der Waals surface area contributed by atoms with E-state index in [2.05, 4.69) is 4.98 Å². The maximum Gasteiger partial charge on any atom is 0.332 e. The summed E-state index contributed by atoms with van der Waals surface area (Å²) in [6.45, 7) is 2.47. The molecule has 0 aliphatic carbocycles. The van der Waals surface area contributed by atoms with Crippen LogP contribution in [-0.2, 0) is 14.1 Å². The van der Waals surface area contributed by atoms with Crippen LogP contribution in [0.1, 0.15) is 6.92 Å². The molecule has 0 aliphatic rings. The predicted octanol–water partition coefficient (Wildman–Crippen LogP) is 2.88. The van der Waals surface area contributed by atoms with Gasteiger partial charge in [0.2, 0.25) is 5.78 Å². The van der Waals surface area contributed by atoms with Gasteiger partial charge in [-0.25, -0.2) is 9.18 Å². The molecule has 162 valence electrons. The van der Waals surface area contributed by atoms with Crippen molar-refractivity contribution in [1.82, 2.24) is 23.1 Å². The Morgan fingerprint density at radius 3 is 2.31 bits per heavy atom. The molecule has 0 amide bonds. The highest BCUT2D eigenvalue weighted by atomic mass is 19.1. The second-order valence-electron chi connectivity index (χ2n) is 7.44. The Morgan fingerprint density at radius 1 is 0.969 bits per heavy atom. The number of aryl methyl sites for hydroxylation is 1. The van der Waals surface area contributed by atoms with Crippen LogP contribution in [0.25, 0.3) is 33.9 Å². The second-order valence-corrected chi connectivity index (χ2v) is 7.44. The van der Waals surface area contributed by atoms with E-state index >= 15 is 0 Å². The number of hydrogen-bond donors (Lipinski definition) is 0.